The number of rotatable bonds is 14. The summed E-state index contributed by atoms with van der Waals surface area (Å²) >= 11 is 0.977. The first-order chi connectivity index (χ1) is 22.9. The highest BCUT2D eigenvalue weighted by Crippen LogP contribution is 2.39. The lowest BCUT2D eigenvalue weighted by atomic mass is 9.95. The van der Waals surface area contributed by atoms with Crippen molar-refractivity contribution in [3.63, 3.8) is 0 Å². The molecule has 0 bridgehead atoms. The van der Waals surface area contributed by atoms with Gasteiger partial charge in [0.25, 0.3) is 15.9 Å². The van der Waals surface area contributed by atoms with Gasteiger partial charge in [-0.15, -0.1) is 11.3 Å². The van der Waals surface area contributed by atoms with E-state index in [9.17, 15) is 27.9 Å². The van der Waals surface area contributed by atoms with Crippen LogP contribution in [0, 0.1) is 5.92 Å². The van der Waals surface area contributed by atoms with E-state index in [1.807, 2.05) is 30.3 Å². The van der Waals surface area contributed by atoms with Crippen LogP contribution in [0.5, 0.6) is 5.75 Å². The SMILES string of the molecule is NC(=O)C1CCN(Cc2cccc(-c3cc4c(c(S(=O)(=O)Nc5ccsc5C(=O)N[C@@H](CCCN=C(N)N)C(=O)O)c3)OCC4)c2)CC1. The Kier molecular flexibility index (Phi) is 10.9. The average Bonchev–Trinajstić information content (AvgIpc) is 3.71. The molecule has 1 saturated heterocycles. The molecule has 0 spiro atoms. The zero-order valence-electron chi connectivity index (χ0n) is 26.2. The van der Waals surface area contributed by atoms with Gasteiger partial charge < -0.3 is 32.4 Å². The first kappa shape index (κ1) is 34.7. The van der Waals surface area contributed by atoms with Gasteiger partial charge in [0, 0.05) is 25.4 Å². The van der Waals surface area contributed by atoms with E-state index in [1.165, 1.54) is 6.07 Å². The molecule has 14 nitrogen and oxygen atoms in total. The number of carbonyl (C=O) groups excluding carboxylic acids is 2. The number of nitrogens with zero attached hydrogens (tertiary/aromatic N) is 2. The van der Waals surface area contributed by atoms with E-state index in [0.29, 0.717) is 31.6 Å². The lowest BCUT2D eigenvalue weighted by Gasteiger charge is -2.30. The summed E-state index contributed by atoms with van der Waals surface area (Å²) in [4.78, 5) is 42.5. The molecule has 2 amide bonds. The quantitative estimate of drug-likeness (QED) is 0.0815. The van der Waals surface area contributed by atoms with Crippen LogP contribution in [0.4, 0.5) is 5.69 Å². The topological polar surface area (TPSA) is 233 Å². The second kappa shape index (κ2) is 15.0. The molecule has 0 aliphatic carbocycles. The van der Waals surface area contributed by atoms with Crippen LogP contribution in [0.25, 0.3) is 11.1 Å². The molecular weight excluding hydrogens is 659 g/mol. The Hall–Kier alpha value is -4.67. The lowest BCUT2D eigenvalue weighted by molar-refractivity contribution is -0.139. The van der Waals surface area contributed by atoms with E-state index < -0.39 is 27.9 Å². The van der Waals surface area contributed by atoms with Crippen molar-refractivity contribution in [2.45, 2.75) is 49.6 Å². The van der Waals surface area contributed by atoms with Crippen molar-refractivity contribution in [3.05, 3.63) is 63.8 Å². The van der Waals surface area contributed by atoms with E-state index in [2.05, 4.69) is 19.9 Å². The maximum absolute atomic E-state index is 13.9. The van der Waals surface area contributed by atoms with Crippen molar-refractivity contribution in [1.29, 1.82) is 0 Å². The summed E-state index contributed by atoms with van der Waals surface area (Å²) < 4.78 is 36.1. The van der Waals surface area contributed by atoms with Gasteiger partial charge in [-0.25, -0.2) is 13.2 Å². The minimum absolute atomic E-state index is 0.00957. The van der Waals surface area contributed by atoms with Crippen molar-refractivity contribution in [2.75, 3.05) is 31.0 Å². The Balaban J connectivity index is 1.34. The minimum Gasteiger partial charge on any atom is -0.492 e. The molecule has 2 aromatic carbocycles. The molecule has 1 atom stereocenters. The monoisotopic (exact) mass is 697 g/mol. The Morgan fingerprint density at radius 3 is 2.56 bits per heavy atom. The fourth-order valence-corrected chi connectivity index (χ4v) is 7.97. The molecule has 2 aliphatic rings. The van der Waals surface area contributed by atoms with Crippen LogP contribution in [-0.4, -0.2) is 74.5 Å². The molecule has 5 rings (SSSR count). The van der Waals surface area contributed by atoms with E-state index >= 15 is 0 Å². The lowest BCUT2D eigenvalue weighted by Crippen LogP contribution is -2.40. The number of sulfonamides is 1. The fourth-order valence-electron chi connectivity index (χ4n) is 5.87. The largest absolute Gasteiger partial charge is 0.492 e. The Morgan fingerprint density at radius 2 is 1.85 bits per heavy atom. The smallest absolute Gasteiger partial charge is 0.326 e. The van der Waals surface area contributed by atoms with Crippen molar-refractivity contribution < 1.29 is 32.6 Å². The van der Waals surface area contributed by atoms with Crippen molar-refractivity contribution in [3.8, 4) is 16.9 Å². The molecule has 256 valence electrons. The number of carboxylic acid groups (broad SMARTS) is 1. The van der Waals surface area contributed by atoms with Gasteiger partial charge in [0.15, 0.2) is 5.96 Å². The molecule has 0 saturated carbocycles. The molecule has 0 unspecified atom stereocenters. The fraction of sp³-hybridized carbons (Fsp3) is 0.375. The number of ether oxygens (including phenoxy) is 1. The van der Waals surface area contributed by atoms with Gasteiger partial charge in [-0.2, -0.15) is 0 Å². The summed E-state index contributed by atoms with van der Waals surface area (Å²) in [6.07, 6.45) is 2.35. The number of benzene rings is 2. The zero-order valence-corrected chi connectivity index (χ0v) is 27.8. The average molecular weight is 698 g/mol. The number of guanidine groups is 1. The summed E-state index contributed by atoms with van der Waals surface area (Å²) in [6.45, 7) is 2.73. The van der Waals surface area contributed by atoms with Gasteiger partial charge in [0.1, 0.15) is 21.6 Å². The maximum Gasteiger partial charge on any atom is 0.326 e. The number of nitrogens with one attached hydrogen (secondary N) is 2. The number of hydrogen-bond donors (Lipinski definition) is 6. The third-order valence-corrected chi connectivity index (χ3v) is 10.6. The first-order valence-electron chi connectivity index (χ1n) is 15.5. The number of hydrogen-bond acceptors (Lipinski definition) is 9. The number of anilines is 1. The van der Waals surface area contributed by atoms with Crippen molar-refractivity contribution in [2.24, 2.45) is 28.1 Å². The number of carbonyl (C=O) groups is 3. The summed E-state index contributed by atoms with van der Waals surface area (Å²) in [5.41, 5.74) is 19.4. The maximum atomic E-state index is 13.9. The summed E-state index contributed by atoms with van der Waals surface area (Å²) in [5, 5.41) is 13.6. The number of aliphatic carboxylic acids is 1. The van der Waals surface area contributed by atoms with Crippen LogP contribution in [0.1, 0.15) is 46.5 Å². The van der Waals surface area contributed by atoms with Crippen LogP contribution in [0.15, 0.2) is 57.7 Å². The van der Waals surface area contributed by atoms with E-state index in [1.54, 1.807) is 11.4 Å². The van der Waals surface area contributed by atoms with E-state index in [4.69, 9.17) is 21.9 Å². The number of primary amides is 1. The second-order valence-electron chi connectivity index (χ2n) is 11.8. The number of likely N-dealkylation sites (tertiary alicyclic amines) is 1. The minimum atomic E-state index is -4.26. The number of fused-ring (bicyclic) bond motifs is 1. The number of aliphatic imine (C=N–C) groups is 1. The number of nitrogens with two attached hydrogens (primary N) is 3. The van der Waals surface area contributed by atoms with Gasteiger partial charge >= 0.3 is 5.97 Å². The number of piperidine rings is 1. The van der Waals surface area contributed by atoms with Gasteiger partial charge in [-0.05, 0) is 90.7 Å². The first-order valence-corrected chi connectivity index (χ1v) is 17.9. The normalized spacial score (nSPS) is 15.6. The number of thiophene rings is 1. The Bertz CT molecular complexity index is 1810. The molecule has 9 N–H and O–H groups in total. The number of carboxylic acids is 1. The van der Waals surface area contributed by atoms with Crippen LogP contribution in [0.3, 0.4) is 0 Å². The number of amides is 2. The summed E-state index contributed by atoms with van der Waals surface area (Å²) in [7, 11) is -4.26. The molecule has 3 heterocycles. The van der Waals surface area contributed by atoms with E-state index in [0.717, 1.165) is 54.0 Å². The molecule has 48 heavy (non-hydrogen) atoms. The highest BCUT2D eigenvalue weighted by molar-refractivity contribution is 7.92. The molecular formula is C32H39N7O7S2. The third kappa shape index (κ3) is 8.42. The van der Waals surface area contributed by atoms with Gasteiger partial charge in [-0.1, -0.05) is 18.2 Å². The van der Waals surface area contributed by atoms with Crippen molar-refractivity contribution >= 4 is 50.8 Å². The Labute approximate surface area is 282 Å². The molecule has 2 aliphatic heterocycles. The van der Waals surface area contributed by atoms with Crippen molar-refractivity contribution in [1.82, 2.24) is 10.2 Å². The molecule has 1 aromatic heterocycles. The Morgan fingerprint density at radius 1 is 1.08 bits per heavy atom. The zero-order chi connectivity index (χ0) is 34.4. The van der Waals surface area contributed by atoms with Crippen LogP contribution in [0.2, 0.25) is 0 Å². The molecule has 0 radical (unpaired) electrons. The van der Waals surface area contributed by atoms with Gasteiger partial charge in [0.05, 0.1) is 12.3 Å². The highest BCUT2D eigenvalue weighted by atomic mass is 32.2. The predicted molar refractivity (Wildman–Crippen MR) is 182 cm³/mol. The predicted octanol–water partition coefficient (Wildman–Crippen LogP) is 2.08. The third-order valence-electron chi connectivity index (χ3n) is 8.36. The van der Waals surface area contributed by atoms with Crippen LogP contribution in [-0.2, 0) is 32.6 Å². The van der Waals surface area contributed by atoms with Crippen LogP contribution >= 0.6 is 11.3 Å². The standard InChI is InChI=1S/C32H39N7O7S2/c33-29(40)20-6-11-39(12-7-20)18-19-3-1-4-21(15-19)23-16-22-8-13-46-27(22)26(17-23)48(44,45)38-24-9-14-47-28(24)30(41)37-25(31(42)43)5-2-10-36-32(34)35/h1,3-4,9,14-17,20,25,38H,2,5-8,10-13,18H2,(H2,33,40)(H,37,41)(H,42,43)(H4,34,35,36)/t25-/m0/s1. The van der Waals surface area contributed by atoms with Gasteiger partial charge in [-0.3, -0.25) is 24.2 Å². The molecule has 1 fully saturated rings. The van der Waals surface area contributed by atoms with Crippen LogP contribution < -0.4 is 32.0 Å². The second-order valence-corrected chi connectivity index (χ2v) is 14.4. The highest BCUT2D eigenvalue weighted by Gasteiger charge is 2.30. The van der Waals surface area contributed by atoms with Gasteiger partial charge in [0.2, 0.25) is 5.91 Å². The molecule has 3 aromatic rings. The summed E-state index contributed by atoms with van der Waals surface area (Å²) in [5.74, 6) is -2.19. The molecule has 16 heteroatoms. The van der Waals surface area contributed by atoms with E-state index in [-0.39, 0.29) is 52.0 Å². The summed E-state index contributed by atoms with van der Waals surface area (Å²) in [6, 6.07) is 11.6.